The number of hydrogen-bond donors (Lipinski definition) is 1. The van der Waals surface area contributed by atoms with Crippen molar-refractivity contribution in [2.75, 3.05) is 7.11 Å². The van der Waals surface area contributed by atoms with Gasteiger partial charge in [0.1, 0.15) is 5.71 Å². The fraction of sp³-hybridized carbons (Fsp3) is 0.182. The minimum Gasteiger partial charge on any atom is -0.465 e. The molecule has 0 unspecified atom stereocenters. The summed E-state index contributed by atoms with van der Waals surface area (Å²) in [4.78, 5) is 22.5. The van der Waals surface area contributed by atoms with E-state index in [-0.39, 0.29) is 17.9 Å². The van der Waals surface area contributed by atoms with Gasteiger partial charge in [-0.3, -0.25) is 10.2 Å². The van der Waals surface area contributed by atoms with Gasteiger partial charge in [-0.15, -0.1) is 0 Å². The third-order valence-corrected chi connectivity index (χ3v) is 2.15. The van der Waals surface area contributed by atoms with E-state index in [9.17, 15) is 9.59 Å². The van der Waals surface area contributed by atoms with E-state index in [0.29, 0.717) is 10.6 Å². The standard InChI is InChI=1S/C11H10ClNO3/c1-16-11(15)9(13)6-10(14)7-3-2-4-8(12)5-7/h2-5,13H,6H2,1H3. The van der Waals surface area contributed by atoms with Crippen LogP contribution in [0, 0.1) is 5.41 Å². The van der Waals surface area contributed by atoms with E-state index in [1.807, 2.05) is 0 Å². The highest BCUT2D eigenvalue weighted by Gasteiger charge is 2.15. The van der Waals surface area contributed by atoms with Crippen molar-refractivity contribution < 1.29 is 14.3 Å². The van der Waals surface area contributed by atoms with Gasteiger partial charge in [-0.2, -0.15) is 0 Å². The molecule has 0 amide bonds. The van der Waals surface area contributed by atoms with E-state index in [0.717, 1.165) is 0 Å². The van der Waals surface area contributed by atoms with Crippen LogP contribution in [0.5, 0.6) is 0 Å². The zero-order chi connectivity index (χ0) is 12.1. The van der Waals surface area contributed by atoms with Gasteiger partial charge in [0, 0.05) is 10.6 Å². The second-order valence-corrected chi connectivity index (χ2v) is 3.52. The first kappa shape index (κ1) is 12.4. The summed E-state index contributed by atoms with van der Waals surface area (Å²) in [5, 5.41) is 7.74. The molecule has 0 aromatic heterocycles. The molecule has 16 heavy (non-hydrogen) atoms. The zero-order valence-electron chi connectivity index (χ0n) is 8.62. The van der Waals surface area contributed by atoms with E-state index in [2.05, 4.69) is 4.74 Å². The lowest BCUT2D eigenvalue weighted by atomic mass is 10.1. The molecule has 0 aliphatic heterocycles. The topological polar surface area (TPSA) is 67.2 Å². The first-order chi connectivity index (χ1) is 7.54. The fourth-order valence-electron chi connectivity index (χ4n) is 1.12. The van der Waals surface area contributed by atoms with Gasteiger partial charge in [-0.1, -0.05) is 23.7 Å². The summed E-state index contributed by atoms with van der Waals surface area (Å²) in [6.07, 6.45) is -0.285. The van der Waals surface area contributed by atoms with Crippen LogP contribution < -0.4 is 0 Å². The Morgan fingerprint density at radius 3 is 2.69 bits per heavy atom. The fourth-order valence-corrected chi connectivity index (χ4v) is 1.31. The van der Waals surface area contributed by atoms with Gasteiger partial charge in [0.05, 0.1) is 13.5 Å². The molecule has 4 nitrogen and oxygen atoms in total. The Morgan fingerprint density at radius 1 is 1.44 bits per heavy atom. The molecule has 84 valence electrons. The first-order valence-corrected chi connectivity index (χ1v) is 4.87. The number of nitrogens with one attached hydrogen (secondary N) is 1. The smallest absolute Gasteiger partial charge is 0.352 e. The second kappa shape index (κ2) is 5.42. The molecule has 0 atom stereocenters. The van der Waals surface area contributed by atoms with E-state index in [1.54, 1.807) is 18.2 Å². The Hall–Kier alpha value is -1.68. The average molecular weight is 240 g/mol. The third kappa shape index (κ3) is 3.17. The van der Waals surface area contributed by atoms with Gasteiger partial charge < -0.3 is 4.74 Å². The molecule has 1 N–H and O–H groups in total. The predicted octanol–water partition coefficient (Wildman–Crippen LogP) is 2.11. The summed E-state index contributed by atoms with van der Waals surface area (Å²) in [5.74, 6) is -1.13. The Kier molecular flexibility index (Phi) is 4.19. The van der Waals surface area contributed by atoms with Crippen molar-refractivity contribution >= 4 is 29.1 Å². The quantitative estimate of drug-likeness (QED) is 0.497. The highest BCUT2D eigenvalue weighted by molar-refractivity contribution is 6.39. The van der Waals surface area contributed by atoms with Gasteiger partial charge in [0.15, 0.2) is 5.78 Å². The van der Waals surface area contributed by atoms with E-state index < -0.39 is 5.97 Å². The minimum absolute atomic E-state index is 0.285. The number of benzene rings is 1. The molecule has 0 bridgehead atoms. The van der Waals surface area contributed by atoms with Crippen LogP contribution in [-0.2, 0) is 9.53 Å². The monoisotopic (exact) mass is 239 g/mol. The maximum absolute atomic E-state index is 11.6. The van der Waals surface area contributed by atoms with Crippen molar-refractivity contribution in [2.24, 2.45) is 0 Å². The lowest BCUT2D eigenvalue weighted by Crippen LogP contribution is -2.18. The predicted molar refractivity (Wildman–Crippen MR) is 60.1 cm³/mol. The van der Waals surface area contributed by atoms with Gasteiger partial charge >= 0.3 is 5.97 Å². The van der Waals surface area contributed by atoms with Crippen LogP contribution in [0.4, 0.5) is 0 Å². The Bertz CT molecular complexity index is 443. The van der Waals surface area contributed by atoms with Gasteiger partial charge in [0.25, 0.3) is 0 Å². The van der Waals surface area contributed by atoms with Crippen LogP contribution in [0.3, 0.4) is 0 Å². The maximum Gasteiger partial charge on any atom is 0.352 e. The third-order valence-electron chi connectivity index (χ3n) is 1.92. The molecule has 0 radical (unpaired) electrons. The molecule has 0 saturated carbocycles. The van der Waals surface area contributed by atoms with Crippen molar-refractivity contribution in [2.45, 2.75) is 6.42 Å². The van der Waals surface area contributed by atoms with Crippen LogP contribution in [0.2, 0.25) is 5.02 Å². The Labute approximate surface area is 97.7 Å². The number of rotatable bonds is 4. The number of Topliss-reactive ketones (excluding diaryl/α,β-unsaturated/α-hetero) is 1. The highest BCUT2D eigenvalue weighted by atomic mass is 35.5. The van der Waals surface area contributed by atoms with E-state index in [1.165, 1.54) is 13.2 Å². The van der Waals surface area contributed by atoms with Crippen molar-refractivity contribution in [3.05, 3.63) is 34.9 Å². The summed E-state index contributed by atoms with van der Waals surface area (Å²) < 4.78 is 4.33. The minimum atomic E-state index is -0.796. The summed E-state index contributed by atoms with van der Waals surface area (Å²) in [6.45, 7) is 0. The van der Waals surface area contributed by atoms with Crippen molar-refractivity contribution in [1.82, 2.24) is 0 Å². The summed E-state index contributed by atoms with van der Waals surface area (Å²) in [6, 6.07) is 6.36. The molecule has 1 rings (SSSR count). The molecule has 5 heteroatoms. The number of methoxy groups -OCH3 is 1. The molecular weight excluding hydrogens is 230 g/mol. The van der Waals surface area contributed by atoms with Crippen LogP contribution in [0.1, 0.15) is 16.8 Å². The van der Waals surface area contributed by atoms with E-state index in [4.69, 9.17) is 17.0 Å². The molecule has 0 fully saturated rings. The van der Waals surface area contributed by atoms with Crippen LogP contribution in [0.15, 0.2) is 24.3 Å². The van der Waals surface area contributed by atoms with Crippen molar-refractivity contribution in [3.8, 4) is 0 Å². The molecule has 0 aliphatic carbocycles. The molecule has 0 heterocycles. The molecular formula is C11H10ClNO3. The second-order valence-electron chi connectivity index (χ2n) is 3.08. The van der Waals surface area contributed by atoms with Crippen LogP contribution >= 0.6 is 11.6 Å². The number of ether oxygens (including phenoxy) is 1. The van der Waals surface area contributed by atoms with Crippen molar-refractivity contribution in [3.63, 3.8) is 0 Å². The average Bonchev–Trinajstić information content (AvgIpc) is 2.27. The first-order valence-electron chi connectivity index (χ1n) is 4.49. The Balaban J connectivity index is 2.73. The molecule has 1 aromatic rings. The summed E-state index contributed by atoms with van der Waals surface area (Å²) >= 11 is 5.72. The number of carbonyl (C=O) groups is 2. The van der Waals surface area contributed by atoms with Crippen LogP contribution in [0.25, 0.3) is 0 Å². The largest absolute Gasteiger partial charge is 0.465 e. The maximum atomic E-state index is 11.6. The number of hydrogen-bond acceptors (Lipinski definition) is 4. The number of halogens is 1. The van der Waals surface area contributed by atoms with Gasteiger partial charge in [0.2, 0.25) is 0 Å². The molecule has 0 saturated heterocycles. The highest BCUT2D eigenvalue weighted by Crippen LogP contribution is 2.12. The Morgan fingerprint density at radius 2 is 2.12 bits per heavy atom. The molecule has 0 spiro atoms. The lowest BCUT2D eigenvalue weighted by Gasteiger charge is -2.02. The summed E-state index contributed by atoms with van der Waals surface area (Å²) in [7, 11) is 1.17. The lowest BCUT2D eigenvalue weighted by molar-refractivity contribution is -0.132. The molecule has 0 aliphatic rings. The van der Waals surface area contributed by atoms with Crippen molar-refractivity contribution in [1.29, 1.82) is 5.41 Å². The molecule has 1 aromatic carbocycles. The van der Waals surface area contributed by atoms with E-state index >= 15 is 0 Å². The number of esters is 1. The van der Waals surface area contributed by atoms with Gasteiger partial charge in [-0.05, 0) is 12.1 Å². The van der Waals surface area contributed by atoms with Crippen LogP contribution in [-0.4, -0.2) is 24.6 Å². The number of carbonyl (C=O) groups excluding carboxylic acids is 2. The van der Waals surface area contributed by atoms with Gasteiger partial charge in [-0.25, -0.2) is 4.79 Å². The zero-order valence-corrected chi connectivity index (χ0v) is 9.38. The summed E-state index contributed by atoms with van der Waals surface area (Å²) in [5.41, 5.74) is 0.00799. The normalized spacial score (nSPS) is 9.62. The SMILES string of the molecule is COC(=O)C(=N)CC(=O)c1cccc(Cl)c1. The number of ketones is 1.